The van der Waals surface area contributed by atoms with Gasteiger partial charge in [0, 0.05) is 16.9 Å². The third-order valence-electron chi connectivity index (χ3n) is 14.3. The van der Waals surface area contributed by atoms with Gasteiger partial charge in [-0.25, -0.2) is 0 Å². The summed E-state index contributed by atoms with van der Waals surface area (Å²) in [6, 6.07) is 3.75. The monoisotopic (exact) mass is 1260 g/mol. The molecule has 6 rings (SSSR count). The Morgan fingerprint density at radius 3 is 0.791 bits per heavy atom. The van der Waals surface area contributed by atoms with Crippen molar-refractivity contribution in [2.75, 3.05) is 6.61 Å². The Kier molecular flexibility index (Phi) is 23.1. The Morgan fingerprint density at radius 2 is 0.535 bits per heavy atom. The summed E-state index contributed by atoms with van der Waals surface area (Å²) >= 11 is 0. The number of unbranched alkanes of at least 4 members (excludes halogenated alkanes) is 15. The Morgan fingerprint density at radius 1 is 0.302 bits per heavy atom. The lowest BCUT2D eigenvalue weighted by Gasteiger charge is -2.46. The normalized spacial score (nSPS) is 13.3. The Balaban J connectivity index is 0.000000389. The molecule has 0 fully saturated rings. The molecular weight excluding hydrogens is 1210 g/mol. The van der Waals surface area contributed by atoms with Crippen LogP contribution in [0.2, 0.25) is 0 Å². The molecule has 0 aliphatic rings. The smallest absolute Gasteiger partial charge is 0.271 e. The third kappa shape index (κ3) is 19.3. The zero-order valence-electron chi connectivity index (χ0n) is 45.5. The van der Waals surface area contributed by atoms with Crippen molar-refractivity contribution in [3.05, 3.63) is 160 Å². The van der Waals surface area contributed by atoms with Gasteiger partial charge >= 0.3 is 49.4 Å². The minimum Gasteiger partial charge on any atom is -0.271 e. The van der Waals surface area contributed by atoms with E-state index in [1.165, 1.54) is 102 Å². The first-order chi connectivity index (χ1) is 39.7. The maximum absolute atomic E-state index is 14.2. The van der Waals surface area contributed by atoms with E-state index in [2.05, 4.69) is 43.3 Å². The summed E-state index contributed by atoms with van der Waals surface area (Å²) in [4.78, 5) is 5.96. The highest BCUT2D eigenvalue weighted by Crippen LogP contribution is 2.41. The Bertz CT molecular complexity index is 2700. The Hall–Kier alpha value is -6.31. The summed E-state index contributed by atoms with van der Waals surface area (Å²) in [5, 5.41) is 1.22. The van der Waals surface area contributed by atoms with Crippen molar-refractivity contribution in [2.24, 2.45) is 0 Å². The topological polar surface area (TPSA) is 13.1 Å². The van der Waals surface area contributed by atoms with Crippen molar-refractivity contribution in [1.82, 2.24) is 0 Å². The van der Waals surface area contributed by atoms with E-state index in [0.29, 0.717) is 0 Å². The molecule has 27 heteroatoms. The van der Waals surface area contributed by atoms with Crippen LogP contribution in [0.15, 0.2) is 115 Å². The zero-order valence-corrected chi connectivity index (χ0v) is 45.5. The summed E-state index contributed by atoms with van der Waals surface area (Å²) in [6.45, 7) is 3.10. The molecule has 0 aliphatic carbocycles. The average Bonchev–Trinajstić information content (AvgIpc) is 0.748. The molecule has 0 bridgehead atoms. The quantitative estimate of drug-likeness (QED) is 0.0286. The van der Waals surface area contributed by atoms with Crippen LogP contribution >= 0.6 is 0 Å². The van der Waals surface area contributed by atoms with Crippen LogP contribution in [-0.4, -0.2) is 12.8 Å². The van der Waals surface area contributed by atoms with E-state index in [9.17, 15) is 105 Å². The second-order valence-electron chi connectivity index (χ2n) is 20.8. The first kappa shape index (κ1) is 70.5. The van der Waals surface area contributed by atoms with Crippen molar-refractivity contribution in [1.29, 1.82) is 0 Å². The lowest BCUT2D eigenvalue weighted by atomic mass is 9.12. The molecule has 0 amide bonds. The minimum atomic E-state index is -6.13. The number of hydrogen-bond donors (Lipinski definition) is 0. The summed E-state index contributed by atoms with van der Waals surface area (Å²) in [6.07, 6.45) is -30.4. The minimum absolute atomic E-state index is 0.691. The number of rotatable bonds is 22. The van der Waals surface area contributed by atoms with Gasteiger partial charge in [0.05, 0.1) is 49.9 Å². The van der Waals surface area contributed by atoms with E-state index in [1.807, 2.05) is 10.9 Å². The largest absolute Gasteiger partial charge is 0.416 e. The molecule has 86 heavy (non-hydrogen) atoms. The lowest BCUT2D eigenvalue weighted by molar-refractivity contribution is -0.871. The van der Waals surface area contributed by atoms with Crippen LogP contribution in [0.25, 0.3) is 10.9 Å². The van der Waals surface area contributed by atoms with Crippen LogP contribution in [0.5, 0.6) is 0 Å². The summed E-state index contributed by atoms with van der Waals surface area (Å²) in [5.41, 5.74) is -29.1. The molecule has 5 aromatic carbocycles. The molecule has 0 saturated carbocycles. The number of nitrogens with zero attached hydrogens (tertiary/aromatic N) is 1. The molecule has 0 radical (unpaired) electrons. The second-order valence-corrected chi connectivity index (χ2v) is 20.8. The number of fused-ring (bicyclic) bond motifs is 1. The van der Waals surface area contributed by atoms with Gasteiger partial charge in [0.25, 0.3) is 5.52 Å². The molecule has 0 unspecified atom stereocenters. The van der Waals surface area contributed by atoms with E-state index < -0.39 is 195 Å². The van der Waals surface area contributed by atoms with E-state index >= 15 is 0 Å². The second kappa shape index (κ2) is 28.2. The van der Waals surface area contributed by atoms with E-state index in [-0.39, 0.29) is 0 Å². The predicted molar refractivity (Wildman–Crippen MR) is 275 cm³/mol. The summed E-state index contributed by atoms with van der Waals surface area (Å²) in [7, 11) is 0. The number of para-hydroxylation sites is 1. The molecule has 0 aliphatic heterocycles. The molecule has 0 N–H and O–H groups in total. The van der Waals surface area contributed by atoms with Gasteiger partial charge < -0.3 is 0 Å². The average molecular weight is 1260 g/mol. The number of pyridine rings is 1. The van der Waals surface area contributed by atoms with Gasteiger partial charge in [-0.05, 0) is 49.2 Å². The van der Waals surface area contributed by atoms with Crippen LogP contribution in [0.4, 0.5) is 105 Å². The fourth-order valence-corrected chi connectivity index (χ4v) is 10.1. The van der Waals surface area contributed by atoms with Gasteiger partial charge in [0.15, 0.2) is 6.61 Å². The highest BCUT2D eigenvalue weighted by atomic mass is 19.4. The maximum atomic E-state index is 14.2. The molecule has 1 aromatic heterocycles. The number of hydrogen-bond acceptors (Lipinski definition) is 1. The number of alkyl halides is 24. The molecule has 474 valence electrons. The molecule has 0 spiro atoms. The zero-order chi connectivity index (χ0) is 64.3. The number of benzene rings is 5. The molecule has 2 nitrogen and oxygen atoms in total. The molecule has 6 aromatic rings. The first-order valence-electron chi connectivity index (χ1n) is 27.1. The maximum Gasteiger partial charge on any atom is 0.416 e. The highest BCUT2D eigenvalue weighted by molar-refractivity contribution is 7.20. The molecule has 1 heterocycles. The van der Waals surface area contributed by atoms with Gasteiger partial charge in [0.2, 0.25) is 6.20 Å². The predicted octanol–water partition coefficient (Wildman–Crippen LogP) is 19.0. The van der Waals surface area contributed by atoms with Crippen molar-refractivity contribution in [3.63, 3.8) is 0 Å². The van der Waals surface area contributed by atoms with Crippen LogP contribution in [0.3, 0.4) is 0 Å². The van der Waals surface area contributed by atoms with Crippen molar-refractivity contribution in [3.8, 4) is 0 Å². The van der Waals surface area contributed by atoms with Crippen molar-refractivity contribution < 1.29 is 115 Å². The fourth-order valence-electron chi connectivity index (χ4n) is 10.1. The van der Waals surface area contributed by atoms with Crippen LogP contribution in [-0.2, 0) is 49.4 Å². The van der Waals surface area contributed by atoms with E-state index in [0.717, 1.165) is 18.5 Å². The van der Waals surface area contributed by atoms with Gasteiger partial charge in [-0.2, -0.15) is 127 Å². The molecule has 0 saturated heterocycles. The van der Waals surface area contributed by atoms with Crippen LogP contribution < -0.4 is 31.4 Å². The van der Waals surface area contributed by atoms with E-state index in [4.69, 9.17) is 4.84 Å². The highest BCUT2D eigenvalue weighted by Gasteiger charge is 2.47. The van der Waals surface area contributed by atoms with E-state index in [1.54, 1.807) is 0 Å². The first-order valence-corrected chi connectivity index (χ1v) is 27.1. The number of halogens is 24. The van der Waals surface area contributed by atoms with Crippen LogP contribution in [0, 0.1) is 0 Å². The summed E-state index contributed by atoms with van der Waals surface area (Å²) in [5.74, 6) is 0. The SMILES string of the molecule is CCCCCCCCCCCCCCCCCCO[n+]1cccc2ccccc21.FC(F)(F)c1cc([B-](c2cc(C(F)(F)F)cc(C(F)(F)F)c2)(c2cc(C(F)(F)F)cc(C(F)(F)F)c2)c2cc(C(F)(F)F)cc(C(F)(F)F)c2)cc(C(F)(F)F)c1. The molecular formula is C59H56BF24NO. The van der Waals surface area contributed by atoms with Gasteiger partial charge in [-0.1, -0.05) is 157 Å². The lowest BCUT2D eigenvalue weighted by Crippen LogP contribution is -2.75. The van der Waals surface area contributed by atoms with Crippen molar-refractivity contribution >= 4 is 38.9 Å². The van der Waals surface area contributed by atoms with Gasteiger partial charge in [0.1, 0.15) is 6.15 Å². The third-order valence-corrected chi connectivity index (χ3v) is 14.3. The van der Waals surface area contributed by atoms with Crippen molar-refractivity contribution in [2.45, 2.75) is 159 Å². The molecule has 0 atom stereocenters. The van der Waals surface area contributed by atoms with Gasteiger partial charge in [-0.3, -0.25) is 4.84 Å². The summed E-state index contributed by atoms with van der Waals surface area (Å²) < 4.78 is 343. The standard InChI is InChI=1S/C32H12BF24.C27H44NO/c34-25(35,36)13-1-14(26(37,38)39)6-21(5-13)33(22-7-15(27(40,41)42)2-16(8-22)28(43,44)45,23-9-17(29(46,47)48)3-18(10-23)30(49,50)51)24-11-19(31(52,53)54)4-20(12-24)32(55,56)57;1-2-3-4-5-6-7-8-9-10-11-12-13-14-15-16-19-25-29-28-24-20-22-26-21-17-18-23-27(26)28/h1-12H;17-18,20-24H,2-16,19,25H2,1H3/q-1;+1. The van der Waals surface area contributed by atoms with Crippen LogP contribution in [0.1, 0.15) is 154 Å². The fraction of sp³-hybridized carbons (Fsp3) is 0.441. The Labute approximate surface area is 478 Å². The van der Waals surface area contributed by atoms with Gasteiger partial charge in [-0.15, -0.1) is 0 Å². The number of aromatic nitrogens is 1.